The van der Waals surface area contributed by atoms with Gasteiger partial charge in [0.25, 0.3) is 0 Å². The first kappa shape index (κ1) is 15.6. The van der Waals surface area contributed by atoms with Crippen LogP contribution < -0.4 is 10.5 Å². The monoisotopic (exact) mass is 287 g/mol. The van der Waals surface area contributed by atoms with Crippen LogP contribution in [0.3, 0.4) is 0 Å². The van der Waals surface area contributed by atoms with Gasteiger partial charge < -0.3 is 15.0 Å². The van der Waals surface area contributed by atoms with Gasteiger partial charge in [-0.25, -0.2) is 4.98 Å². The minimum Gasteiger partial charge on any atom is -0.497 e. The summed E-state index contributed by atoms with van der Waals surface area (Å²) in [5.41, 5.74) is 7.62. The number of nitrogens with two attached hydrogens (primary N) is 1. The third kappa shape index (κ3) is 3.64. The van der Waals surface area contributed by atoms with Crippen molar-refractivity contribution in [3.8, 4) is 5.75 Å². The topological polar surface area (TPSA) is 53.1 Å². The van der Waals surface area contributed by atoms with E-state index in [1.807, 2.05) is 24.5 Å². The Morgan fingerprint density at radius 2 is 1.86 bits per heavy atom. The maximum Gasteiger partial charge on any atom is 0.126 e. The van der Waals surface area contributed by atoms with Gasteiger partial charge in [0.05, 0.1) is 13.2 Å². The van der Waals surface area contributed by atoms with E-state index in [1.165, 1.54) is 5.56 Å². The van der Waals surface area contributed by atoms with E-state index in [4.69, 9.17) is 10.5 Å². The molecule has 1 aromatic carbocycles. The number of benzene rings is 1. The van der Waals surface area contributed by atoms with Crippen LogP contribution in [0.4, 0.5) is 0 Å². The van der Waals surface area contributed by atoms with Crippen LogP contribution in [0.15, 0.2) is 36.7 Å². The molecule has 0 aliphatic rings. The summed E-state index contributed by atoms with van der Waals surface area (Å²) in [5, 5.41) is 0. The van der Waals surface area contributed by atoms with Gasteiger partial charge >= 0.3 is 0 Å². The number of aromatic nitrogens is 2. The van der Waals surface area contributed by atoms with Gasteiger partial charge in [0.1, 0.15) is 11.6 Å². The van der Waals surface area contributed by atoms with E-state index in [0.717, 1.165) is 31.0 Å². The van der Waals surface area contributed by atoms with E-state index >= 15 is 0 Å². The summed E-state index contributed by atoms with van der Waals surface area (Å²) in [6, 6.07) is 8.10. The summed E-state index contributed by atoms with van der Waals surface area (Å²) >= 11 is 0. The molecule has 4 nitrogen and oxygen atoms in total. The molecule has 0 aliphatic carbocycles. The molecule has 1 aromatic heterocycles. The first-order chi connectivity index (χ1) is 10.2. The second-order valence-electron chi connectivity index (χ2n) is 5.36. The molecule has 114 valence electrons. The predicted octanol–water partition coefficient (Wildman–Crippen LogP) is 3.38. The van der Waals surface area contributed by atoms with E-state index in [1.54, 1.807) is 7.11 Å². The summed E-state index contributed by atoms with van der Waals surface area (Å²) in [5.74, 6) is 2.32. The molecule has 1 atom stereocenters. The smallest absolute Gasteiger partial charge is 0.126 e. The normalized spacial score (nSPS) is 12.6. The lowest BCUT2D eigenvalue weighted by Crippen LogP contribution is -2.24. The van der Waals surface area contributed by atoms with Gasteiger partial charge in [0, 0.05) is 18.9 Å². The second-order valence-corrected chi connectivity index (χ2v) is 5.36. The van der Waals surface area contributed by atoms with Crippen LogP contribution in [0.2, 0.25) is 0 Å². The number of nitrogens with zero attached hydrogens (tertiary/aromatic N) is 2. The molecule has 2 rings (SSSR count). The summed E-state index contributed by atoms with van der Waals surface area (Å²) in [4.78, 5) is 4.48. The van der Waals surface area contributed by atoms with Crippen molar-refractivity contribution in [1.29, 1.82) is 0 Å². The van der Waals surface area contributed by atoms with Gasteiger partial charge in [0.2, 0.25) is 0 Å². The van der Waals surface area contributed by atoms with Crippen molar-refractivity contribution in [3.63, 3.8) is 0 Å². The lowest BCUT2D eigenvalue weighted by molar-refractivity contribution is 0.382. The van der Waals surface area contributed by atoms with Crippen LogP contribution in [-0.4, -0.2) is 16.7 Å². The van der Waals surface area contributed by atoms with Crippen molar-refractivity contribution in [2.45, 2.75) is 39.3 Å². The van der Waals surface area contributed by atoms with Crippen molar-refractivity contribution in [2.75, 3.05) is 7.11 Å². The Morgan fingerprint density at radius 1 is 1.19 bits per heavy atom. The van der Waals surface area contributed by atoms with Gasteiger partial charge in [-0.1, -0.05) is 38.8 Å². The zero-order valence-corrected chi connectivity index (χ0v) is 13.1. The molecule has 2 aromatic rings. The lowest BCUT2D eigenvalue weighted by Gasteiger charge is -2.21. The SMILES string of the molecule is CCC(CC)C(N)c1nccn1Cc1ccc(OC)cc1. The molecule has 21 heavy (non-hydrogen) atoms. The van der Waals surface area contributed by atoms with E-state index in [9.17, 15) is 0 Å². The van der Waals surface area contributed by atoms with Crippen LogP contribution in [-0.2, 0) is 6.54 Å². The van der Waals surface area contributed by atoms with Crippen molar-refractivity contribution < 1.29 is 4.74 Å². The predicted molar refractivity (Wildman–Crippen MR) is 85.3 cm³/mol. The Hall–Kier alpha value is -1.81. The zero-order valence-electron chi connectivity index (χ0n) is 13.1. The highest BCUT2D eigenvalue weighted by Crippen LogP contribution is 2.24. The number of methoxy groups -OCH3 is 1. The molecule has 0 bridgehead atoms. The molecule has 0 saturated heterocycles. The molecular formula is C17H25N3O. The number of ether oxygens (including phenoxy) is 1. The maximum atomic E-state index is 6.40. The van der Waals surface area contributed by atoms with Gasteiger partial charge in [-0.05, 0) is 23.6 Å². The first-order valence-corrected chi connectivity index (χ1v) is 7.59. The van der Waals surface area contributed by atoms with Crippen LogP contribution in [0.5, 0.6) is 5.75 Å². The molecule has 4 heteroatoms. The van der Waals surface area contributed by atoms with Crippen molar-refractivity contribution in [2.24, 2.45) is 11.7 Å². The van der Waals surface area contributed by atoms with Crippen LogP contribution in [0.25, 0.3) is 0 Å². The summed E-state index contributed by atoms with van der Waals surface area (Å²) in [7, 11) is 1.68. The second kappa shape index (κ2) is 7.27. The molecule has 0 amide bonds. The van der Waals surface area contributed by atoms with E-state index in [0.29, 0.717) is 5.92 Å². The zero-order chi connectivity index (χ0) is 15.2. The number of rotatable bonds is 7. The molecule has 1 heterocycles. The number of hydrogen-bond donors (Lipinski definition) is 1. The molecule has 0 radical (unpaired) electrons. The Kier molecular flexibility index (Phi) is 5.39. The fourth-order valence-electron chi connectivity index (χ4n) is 2.69. The van der Waals surface area contributed by atoms with E-state index in [-0.39, 0.29) is 6.04 Å². The minimum atomic E-state index is -0.00625. The molecule has 2 N–H and O–H groups in total. The van der Waals surface area contributed by atoms with Gasteiger partial charge in [0.15, 0.2) is 0 Å². The highest BCUT2D eigenvalue weighted by molar-refractivity contribution is 5.27. The first-order valence-electron chi connectivity index (χ1n) is 7.59. The lowest BCUT2D eigenvalue weighted by atomic mass is 9.94. The Balaban J connectivity index is 2.15. The number of hydrogen-bond acceptors (Lipinski definition) is 3. The van der Waals surface area contributed by atoms with E-state index in [2.05, 4.69) is 35.5 Å². The van der Waals surface area contributed by atoms with Crippen molar-refractivity contribution >= 4 is 0 Å². The summed E-state index contributed by atoms with van der Waals surface area (Å²) < 4.78 is 7.33. The quantitative estimate of drug-likeness (QED) is 0.849. The highest BCUT2D eigenvalue weighted by atomic mass is 16.5. The number of imidazole rings is 1. The largest absolute Gasteiger partial charge is 0.497 e. The van der Waals surface area contributed by atoms with E-state index < -0.39 is 0 Å². The molecule has 1 unspecified atom stereocenters. The molecule has 0 spiro atoms. The fourth-order valence-corrected chi connectivity index (χ4v) is 2.69. The molecular weight excluding hydrogens is 262 g/mol. The minimum absolute atomic E-state index is 0.00625. The molecule has 0 fully saturated rings. The third-order valence-electron chi connectivity index (χ3n) is 4.11. The Bertz CT molecular complexity index is 543. The van der Waals surface area contributed by atoms with Gasteiger partial charge in [-0.3, -0.25) is 0 Å². The Labute approximate surface area is 127 Å². The summed E-state index contributed by atoms with van der Waals surface area (Å²) in [6.45, 7) is 5.16. The average Bonchev–Trinajstić information content (AvgIpc) is 2.97. The van der Waals surface area contributed by atoms with Crippen LogP contribution >= 0.6 is 0 Å². The average molecular weight is 287 g/mol. The maximum absolute atomic E-state index is 6.40. The van der Waals surface area contributed by atoms with Crippen molar-refractivity contribution in [1.82, 2.24) is 9.55 Å². The summed E-state index contributed by atoms with van der Waals surface area (Å²) in [6.07, 6.45) is 5.99. The van der Waals surface area contributed by atoms with Crippen LogP contribution in [0, 0.1) is 5.92 Å². The standard InChI is InChI=1S/C17H25N3O/c1-4-14(5-2)16(18)17-19-10-11-20(17)12-13-6-8-15(21-3)9-7-13/h6-11,14,16H,4-5,12,18H2,1-3H3. The van der Waals surface area contributed by atoms with Gasteiger partial charge in [-0.15, -0.1) is 0 Å². The third-order valence-corrected chi connectivity index (χ3v) is 4.11. The fraction of sp³-hybridized carbons (Fsp3) is 0.471. The molecule has 0 aliphatic heterocycles. The van der Waals surface area contributed by atoms with Crippen LogP contribution in [0.1, 0.15) is 44.1 Å². The van der Waals surface area contributed by atoms with Gasteiger partial charge in [-0.2, -0.15) is 0 Å². The van der Waals surface area contributed by atoms with Crippen molar-refractivity contribution in [3.05, 3.63) is 48.0 Å². The molecule has 0 saturated carbocycles. The highest BCUT2D eigenvalue weighted by Gasteiger charge is 2.20. The Morgan fingerprint density at radius 3 is 2.43 bits per heavy atom.